The number of carboxylic acid groups (broad SMARTS) is 1. The first-order valence-electron chi connectivity index (χ1n) is 8.74. The number of rotatable bonds is 11. The van der Waals surface area contributed by atoms with E-state index in [9.17, 15) is 9.59 Å². The zero-order valence-electron chi connectivity index (χ0n) is 15.6. The van der Waals surface area contributed by atoms with E-state index in [0.29, 0.717) is 12.5 Å². The molecule has 1 atom stereocenters. The van der Waals surface area contributed by atoms with Crippen LogP contribution < -0.4 is 0 Å². The first kappa shape index (κ1) is 23.9. The summed E-state index contributed by atoms with van der Waals surface area (Å²) in [6.45, 7) is 14.2. The van der Waals surface area contributed by atoms with Gasteiger partial charge in [0.2, 0.25) is 0 Å². The normalized spacial score (nSPS) is 11.6. The van der Waals surface area contributed by atoms with Gasteiger partial charge in [0.1, 0.15) is 0 Å². The molecule has 0 amide bonds. The van der Waals surface area contributed by atoms with Gasteiger partial charge in [0.15, 0.2) is 0 Å². The fraction of sp³-hybridized carbons (Fsp3) is 0.789. The van der Waals surface area contributed by atoms with Gasteiger partial charge in [-0.05, 0) is 18.3 Å². The van der Waals surface area contributed by atoms with Gasteiger partial charge in [-0.15, -0.1) is 0 Å². The quantitative estimate of drug-likeness (QED) is 0.326. The number of ether oxygens (including phenoxy) is 1. The summed E-state index contributed by atoms with van der Waals surface area (Å²) in [7, 11) is 0. The summed E-state index contributed by atoms with van der Waals surface area (Å²) >= 11 is 0. The van der Waals surface area contributed by atoms with Crippen molar-refractivity contribution < 1.29 is 19.4 Å². The van der Waals surface area contributed by atoms with Crippen molar-refractivity contribution in [2.75, 3.05) is 6.61 Å². The number of esters is 1. The van der Waals surface area contributed by atoms with Gasteiger partial charge in [-0.2, -0.15) is 0 Å². The Morgan fingerprint density at radius 2 is 1.48 bits per heavy atom. The molecule has 4 nitrogen and oxygen atoms in total. The van der Waals surface area contributed by atoms with Crippen LogP contribution >= 0.6 is 0 Å². The molecule has 0 spiro atoms. The van der Waals surface area contributed by atoms with Crippen LogP contribution in [0.15, 0.2) is 12.7 Å². The molecule has 0 rings (SSSR count). The Morgan fingerprint density at radius 1 is 1.00 bits per heavy atom. The number of hydrogen-bond donors (Lipinski definition) is 1. The minimum absolute atomic E-state index is 0.0241. The van der Waals surface area contributed by atoms with E-state index in [1.807, 2.05) is 6.92 Å². The van der Waals surface area contributed by atoms with E-state index in [1.54, 1.807) is 0 Å². The lowest BCUT2D eigenvalue weighted by Gasteiger charge is -2.14. The van der Waals surface area contributed by atoms with Crippen LogP contribution in [0.1, 0.15) is 73.1 Å². The molecule has 23 heavy (non-hydrogen) atoms. The lowest BCUT2D eigenvalue weighted by atomic mass is 9.99. The molecular formula is C19H36O4. The third-order valence-corrected chi connectivity index (χ3v) is 3.72. The third-order valence-electron chi connectivity index (χ3n) is 3.72. The summed E-state index contributed by atoms with van der Waals surface area (Å²) in [5.41, 5.74) is 0. The van der Waals surface area contributed by atoms with Gasteiger partial charge < -0.3 is 9.84 Å². The second kappa shape index (κ2) is 15.6. The predicted molar refractivity (Wildman–Crippen MR) is 95.3 cm³/mol. The number of unbranched alkanes of at least 4 members (excludes halogenated alkanes) is 4. The van der Waals surface area contributed by atoms with Crippen molar-refractivity contribution in [2.24, 2.45) is 17.8 Å². The molecule has 0 heterocycles. The highest BCUT2D eigenvalue weighted by Gasteiger charge is 2.17. The van der Waals surface area contributed by atoms with E-state index in [1.165, 1.54) is 32.1 Å². The molecule has 1 unspecified atom stereocenters. The Balaban J connectivity index is 0. The maximum Gasteiger partial charge on any atom is 0.327 e. The summed E-state index contributed by atoms with van der Waals surface area (Å²) < 4.78 is 5.27. The molecule has 0 saturated heterocycles. The van der Waals surface area contributed by atoms with Crippen LogP contribution in [-0.4, -0.2) is 23.7 Å². The van der Waals surface area contributed by atoms with E-state index < -0.39 is 5.97 Å². The lowest BCUT2D eigenvalue weighted by Crippen LogP contribution is -2.20. The highest BCUT2D eigenvalue weighted by atomic mass is 16.5. The molecule has 1 N–H and O–H groups in total. The molecular weight excluding hydrogens is 292 g/mol. The van der Waals surface area contributed by atoms with Gasteiger partial charge in [-0.25, -0.2) is 4.79 Å². The summed E-state index contributed by atoms with van der Waals surface area (Å²) in [6.07, 6.45) is 8.28. The Kier molecular flexibility index (Phi) is 16.2. The summed E-state index contributed by atoms with van der Waals surface area (Å²) in [5.74, 6) is 0.197. The van der Waals surface area contributed by atoms with Crippen molar-refractivity contribution in [1.82, 2.24) is 0 Å². The summed E-state index contributed by atoms with van der Waals surface area (Å²) in [4.78, 5) is 20.8. The lowest BCUT2D eigenvalue weighted by molar-refractivity contribution is -0.149. The second-order valence-corrected chi connectivity index (χ2v) is 6.69. The van der Waals surface area contributed by atoms with Crippen LogP contribution in [0, 0.1) is 17.8 Å². The van der Waals surface area contributed by atoms with Gasteiger partial charge in [-0.3, -0.25) is 4.79 Å². The molecule has 0 aromatic heterocycles. The van der Waals surface area contributed by atoms with Crippen LogP contribution in [0.2, 0.25) is 0 Å². The maximum absolute atomic E-state index is 11.6. The standard InChI is InChI=1S/C16H32O2.C3H4O2/c1-13(2)11-9-7-6-8-10-12-18-16(17)15(5)14(3)4;1-2-3(4)5/h13-15H,6-12H2,1-5H3;2H,1H2,(H,4,5). The van der Waals surface area contributed by atoms with E-state index in [2.05, 4.69) is 34.3 Å². The zero-order chi connectivity index (χ0) is 18.3. The molecule has 136 valence electrons. The number of carboxylic acids is 1. The molecule has 0 saturated carbocycles. The maximum atomic E-state index is 11.6. The molecule has 0 aliphatic carbocycles. The highest BCUT2D eigenvalue weighted by molar-refractivity contribution is 5.78. The molecule has 0 aliphatic heterocycles. The third kappa shape index (κ3) is 18.6. The van der Waals surface area contributed by atoms with E-state index >= 15 is 0 Å². The van der Waals surface area contributed by atoms with Crippen LogP contribution in [0.25, 0.3) is 0 Å². The molecule has 0 radical (unpaired) electrons. The topological polar surface area (TPSA) is 63.6 Å². The monoisotopic (exact) mass is 328 g/mol. The Labute approximate surface area is 142 Å². The molecule has 0 aliphatic rings. The largest absolute Gasteiger partial charge is 0.478 e. The number of aliphatic carboxylic acids is 1. The fourth-order valence-electron chi connectivity index (χ4n) is 1.76. The summed E-state index contributed by atoms with van der Waals surface area (Å²) in [6, 6.07) is 0. The Morgan fingerprint density at radius 3 is 1.91 bits per heavy atom. The Hall–Kier alpha value is -1.32. The molecule has 4 heteroatoms. The second-order valence-electron chi connectivity index (χ2n) is 6.69. The average molecular weight is 328 g/mol. The van der Waals surface area contributed by atoms with Crippen molar-refractivity contribution in [3.8, 4) is 0 Å². The smallest absolute Gasteiger partial charge is 0.327 e. The van der Waals surface area contributed by atoms with E-state index in [4.69, 9.17) is 9.84 Å². The van der Waals surface area contributed by atoms with Gasteiger partial charge >= 0.3 is 11.9 Å². The van der Waals surface area contributed by atoms with Crippen molar-refractivity contribution in [2.45, 2.75) is 73.1 Å². The number of carbonyl (C=O) groups excluding carboxylic acids is 1. The van der Waals surface area contributed by atoms with E-state index in [-0.39, 0.29) is 11.9 Å². The molecule has 0 fully saturated rings. The van der Waals surface area contributed by atoms with Gasteiger partial charge in [0, 0.05) is 6.08 Å². The van der Waals surface area contributed by atoms with Gasteiger partial charge in [0.05, 0.1) is 12.5 Å². The zero-order valence-corrected chi connectivity index (χ0v) is 15.6. The van der Waals surface area contributed by atoms with Crippen LogP contribution in [0.4, 0.5) is 0 Å². The number of carbonyl (C=O) groups is 2. The predicted octanol–water partition coefficient (Wildman–Crippen LogP) is 5.08. The number of hydrogen-bond acceptors (Lipinski definition) is 3. The summed E-state index contributed by atoms with van der Waals surface area (Å²) in [5, 5.41) is 7.60. The molecule has 0 aromatic carbocycles. The SMILES string of the molecule is C=CC(=O)O.CC(C)CCCCCCCOC(=O)C(C)C(C)C. The van der Waals surface area contributed by atoms with Crippen molar-refractivity contribution >= 4 is 11.9 Å². The minimum Gasteiger partial charge on any atom is -0.478 e. The van der Waals surface area contributed by atoms with Crippen molar-refractivity contribution in [1.29, 1.82) is 0 Å². The van der Waals surface area contributed by atoms with Crippen LogP contribution in [0.3, 0.4) is 0 Å². The average Bonchev–Trinajstić information content (AvgIpc) is 2.48. The fourth-order valence-corrected chi connectivity index (χ4v) is 1.76. The van der Waals surface area contributed by atoms with Crippen LogP contribution in [0.5, 0.6) is 0 Å². The molecule has 0 aromatic rings. The van der Waals surface area contributed by atoms with E-state index in [0.717, 1.165) is 18.4 Å². The molecule has 0 bridgehead atoms. The van der Waals surface area contributed by atoms with Crippen molar-refractivity contribution in [3.63, 3.8) is 0 Å². The first-order valence-corrected chi connectivity index (χ1v) is 8.74. The van der Waals surface area contributed by atoms with Gasteiger partial charge in [0.25, 0.3) is 0 Å². The first-order chi connectivity index (χ1) is 10.7. The Bertz CT molecular complexity index is 321. The van der Waals surface area contributed by atoms with Crippen LogP contribution in [-0.2, 0) is 14.3 Å². The minimum atomic E-state index is -0.981. The van der Waals surface area contributed by atoms with Gasteiger partial charge in [-0.1, -0.05) is 73.3 Å². The van der Waals surface area contributed by atoms with Crippen molar-refractivity contribution in [3.05, 3.63) is 12.7 Å². The highest BCUT2D eigenvalue weighted by Crippen LogP contribution is 2.13.